The number of benzene rings is 4. The van der Waals surface area contributed by atoms with Gasteiger partial charge in [-0.05, 0) is 67.8 Å². The average Bonchev–Trinajstić information content (AvgIpc) is 3.32. The summed E-state index contributed by atoms with van der Waals surface area (Å²) in [5, 5.41) is 2.98. The lowest BCUT2D eigenvalue weighted by molar-refractivity contribution is 0.261. The minimum Gasteiger partial charge on any atom is -0.296 e. The van der Waals surface area contributed by atoms with E-state index in [1.165, 1.54) is 51.5 Å². The molecule has 1 aliphatic heterocycles. The Kier molecular flexibility index (Phi) is 7.58. The molecule has 3 heteroatoms. The molecule has 4 aromatic carbocycles. The Morgan fingerprint density at radius 2 is 1.27 bits per heavy atom. The van der Waals surface area contributed by atoms with Crippen LogP contribution in [0, 0.1) is 0 Å². The highest BCUT2D eigenvalue weighted by molar-refractivity contribution is 7.99. The Labute approximate surface area is 203 Å². The van der Waals surface area contributed by atoms with Crippen molar-refractivity contribution in [2.24, 2.45) is 0 Å². The van der Waals surface area contributed by atoms with E-state index in [1.54, 1.807) is 0 Å². The number of rotatable bonds is 8. The highest BCUT2D eigenvalue weighted by atomic mass is 32.2. The quantitative estimate of drug-likeness (QED) is 0.258. The van der Waals surface area contributed by atoms with Gasteiger partial charge >= 0.3 is 0 Å². The van der Waals surface area contributed by atoms with Crippen molar-refractivity contribution in [2.75, 3.05) is 12.7 Å². The second-order valence-corrected chi connectivity index (χ2v) is 11.9. The summed E-state index contributed by atoms with van der Waals surface area (Å²) >= 11 is 1.88. The topological polar surface area (TPSA) is 3.24 Å². The van der Waals surface area contributed by atoms with E-state index in [0.29, 0.717) is 6.04 Å². The van der Waals surface area contributed by atoms with Gasteiger partial charge < -0.3 is 0 Å². The fourth-order valence-electron chi connectivity index (χ4n) is 4.66. The molecule has 166 valence electrons. The molecule has 33 heavy (non-hydrogen) atoms. The standard InChI is InChI=1S/C30H30NPS/c1-4-15-27(16-5-1)32(28-17-6-2-7-18-28)24-26-14-12-22-31(26)23-25-13-10-11-21-30(25)33-29-19-8-3-9-20-29/h1-11,13,15-21,26H,12,14,22-24H2/t26-/m0/s1. The zero-order valence-corrected chi connectivity index (χ0v) is 20.6. The summed E-state index contributed by atoms with van der Waals surface area (Å²) in [4.78, 5) is 5.42. The van der Waals surface area contributed by atoms with Crippen LogP contribution in [-0.4, -0.2) is 23.6 Å². The van der Waals surface area contributed by atoms with E-state index in [2.05, 4.69) is 120 Å². The largest absolute Gasteiger partial charge is 0.296 e. The van der Waals surface area contributed by atoms with Gasteiger partial charge in [-0.3, -0.25) is 4.90 Å². The molecule has 1 nitrogen and oxygen atoms in total. The van der Waals surface area contributed by atoms with Crippen molar-refractivity contribution in [3.8, 4) is 0 Å². The monoisotopic (exact) mass is 467 g/mol. The van der Waals surface area contributed by atoms with Gasteiger partial charge in [0.15, 0.2) is 0 Å². The van der Waals surface area contributed by atoms with Gasteiger partial charge in [0.05, 0.1) is 0 Å². The van der Waals surface area contributed by atoms with Crippen LogP contribution in [0.1, 0.15) is 18.4 Å². The second-order valence-electron chi connectivity index (χ2n) is 8.57. The van der Waals surface area contributed by atoms with Gasteiger partial charge in [-0.2, -0.15) is 0 Å². The fraction of sp³-hybridized carbons (Fsp3) is 0.200. The Balaban J connectivity index is 1.35. The third-order valence-corrected chi connectivity index (χ3v) is 10.1. The van der Waals surface area contributed by atoms with Gasteiger partial charge in [0.2, 0.25) is 0 Å². The molecule has 0 bridgehead atoms. The van der Waals surface area contributed by atoms with Crippen LogP contribution in [0.2, 0.25) is 0 Å². The summed E-state index contributed by atoms with van der Waals surface area (Å²) in [5.74, 6) is 0. The molecule has 1 saturated heterocycles. The van der Waals surface area contributed by atoms with E-state index in [4.69, 9.17) is 0 Å². The number of hydrogen-bond acceptors (Lipinski definition) is 2. The number of nitrogens with zero attached hydrogens (tertiary/aromatic N) is 1. The van der Waals surface area contributed by atoms with Crippen LogP contribution >= 0.6 is 19.7 Å². The lowest BCUT2D eigenvalue weighted by atomic mass is 10.2. The van der Waals surface area contributed by atoms with Crippen LogP contribution in [0.3, 0.4) is 0 Å². The maximum atomic E-state index is 2.74. The highest BCUT2D eigenvalue weighted by Crippen LogP contribution is 2.39. The molecular formula is C30H30NPS. The lowest BCUT2D eigenvalue weighted by Gasteiger charge is -2.29. The Bertz CT molecular complexity index is 1090. The first-order valence-corrected chi connectivity index (χ1v) is 14.1. The molecule has 1 heterocycles. The minimum absolute atomic E-state index is 0.357. The maximum Gasteiger partial charge on any atom is 0.0248 e. The van der Waals surface area contributed by atoms with Crippen molar-refractivity contribution in [3.63, 3.8) is 0 Å². The zero-order valence-electron chi connectivity index (χ0n) is 18.9. The summed E-state index contributed by atoms with van der Waals surface area (Å²) in [5.41, 5.74) is 1.45. The van der Waals surface area contributed by atoms with Gasteiger partial charge in [-0.1, -0.05) is 109 Å². The molecule has 1 aliphatic rings. The Morgan fingerprint density at radius 1 is 0.697 bits per heavy atom. The van der Waals surface area contributed by atoms with Crippen molar-refractivity contribution in [2.45, 2.75) is 35.2 Å². The average molecular weight is 468 g/mol. The lowest BCUT2D eigenvalue weighted by Crippen LogP contribution is -2.33. The van der Waals surface area contributed by atoms with Crippen LogP contribution in [0.25, 0.3) is 0 Å². The molecule has 0 N–H and O–H groups in total. The third kappa shape index (κ3) is 5.76. The Hall–Kier alpha value is -2.38. The number of likely N-dealkylation sites (tertiary alicyclic amines) is 1. The third-order valence-electron chi connectivity index (χ3n) is 6.35. The number of hydrogen-bond donors (Lipinski definition) is 0. The first kappa shape index (κ1) is 22.4. The van der Waals surface area contributed by atoms with Crippen LogP contribution in [-0.2, 0) is 6.54 Å². The molecule has 0 radical (unpaired) electrons. The van der Waals surface area contributed by atoms with Gasteiger partial charge in [0.25, 0.3) is 0 Å². The van der Waals surface area contributed by atoms with Crippen molar-refractivity contribution < 1.29 is 0 Å². The summed E-state index contributed by atoms with van der Waals surface area (Å²) in [6, 6.07) is 42.6. The van der Waals surface area contributed by atoms with E-state index < -0.39 is 0 Å². The summed E-state index contributed by atoms with van der Waals surface area (Å²) in [6.45, 7) is 2.23. The second kappa shape index (κ2) is 11.2. The molecular weight excluding hydrogens is 437 g/mol. The molecule has 0 aromatic heterocycles. The molecule has 1 atom stereocenters. The van der Waals surface area contributed by atoms with Crippen LogP contribution in [0.15, 0.2) is 125 Å². The van der Waals surface area contributed by atoms with E-state index in [1.807, 2.05) is 11.8 Å². The van der Waals surface area contributed by atoms with Crippen molar-refractivity contribution in [1.82, 2.24) is 4.90 Å². The highest BCUT2D eigenvalue weighted by Gasteiger charge is 2.29. The summed E-state index contributed by atoms with van der Waals surface area (Å²) < 4.78 is 0. The van der Waals surface area contributed by atoms with E-state index in [9.17, 15) is 0 Å². The van der Waals surface area contributed by atoms with Crippen molar-refractivity contribution in [1.29, 1.82) is 0 Å². The normalized spacial score (nSPS) is 16.3. The molecule has 1 fully saturated rings. The smallest absolute Gasteiger partial charge is 0.0248 e. The van der Waals surface area contributed by atoms with E-state index >= 15 is 0 Å². The first-order chi connectivity index (χ1) is 16.4. The molecule has 0 aliphatic carbocycles. The van der Waals surface area contributed by atoms with E-state index in [-0.39, 0.29) is 7.92 Å². The van der Waals surface area contributed by atoms with Gasteiger partial charge in [0.1, 0.15) is 0 Å². The van der Waals surface area contributed by atoms with Gasteiger partial charge in [-0.25, -0.2) is 0 Å². The van der Waals surface area contributed by atoms with Crippen LogP contribution in [0.5, 0.6) is 0 Å². The summed E-state index contributed by atoms with van der Waals surface area (Å²) in [7, 11) is -0.357. The SMILES string of the molecule is c1ccc(Sc2ccccc2CN2CCC[C@H]2CP(c2ccccc2)c2ccccc2)cc1. The molecule has 4 aromatic rings. The van der Waals surface area contributed by atoms with Crippen LogP contribution < -0.4 is 10.6 Å². The first-order valence-electron chi connectivity index (χ1n) is 11.8. The van der Waals surface area contributed by atoms with Crippen molar-refractivity contribution in [3.05, 3.63) is 121 Å². The molecule has 5 rings (SSSR count). The fourth-order valence-corrected chi connectivity index (χ4v) is 8.24. The zero-order chi connectivity index (χ0) is 22.3. The molecule has 0 amide bonds. The van der Waals surface area contributed by atoms with Crippen molar-refractivity contribution >= 4 is 30.3 Å². The van der Waals surface area contributed by atoms with Gasteiger partial charge in [-0.15, -0.1) is 0 Å². The predicted octanol–water partition coefficient (Wildman–Crippen LogP) is 6.94. The molecule has 0 unspecified atom stereocenters. The minimum atomic E-state index is -0.357. The Morgan fingerprint density at radius 3 is 1.94 bits per heavy atom. The molecule has 0 saturated carbocycles. The predicted molar refractivity (Wildman–Crippen MR) is 144 cm³/mol. The molecule has 0 spiro atoms. The van der Waals surface area contributed by atoms with Crippen LogP contribution in [0.4, 0.5) is 0 Å². The summed E-state index contributed by atoms with van der Waals surface area (Å²) in [6.07, 6.45) is 3.83. The van der Waals surface area contributed by atoms with E-state index in [0.717, 1.165) is 6.54 Å². The maximum absolute atomic E-state index is 2.74. The van der Waals surface area contributed by atoms with Gasteiger partial charge in [0, 0.05) is 22.4 Å².